The van der Waals surface area contributed by atoms with Gasteiger partial charge in [-0.25, -0.2) is 8.42 Å². The highest BCUT2D eigenvalue weighted by Gasteiger charge is 2.28. The lowest BCUT2D eigenvalue weighted by Crippen LogP contribution is -2.36. The zero-order chi connectivity index (χ0) is 21.8. The summed E-state index contributed by atoms with van der Waals surface area (Å²) in [6, 6.07) is 12.6. The Morgan fingerprint density at radius 2 is 1.55 bits per heavy atom. The third kappa shape index (κ3) is 5.05. The summed E-state index contributed by atoms with van der Waals surface area (Å²) in [5.74, 6) is -0.324. The van der Waals surface area contributed by atoms with Gasteiger partial charge in [-0.1, -0.05) is 30.2 Å². The van der Waals surface area contributed by atoms with Gasteiger partial charge < -0.3 is 10.2 Å². The van der Waals surface area contributed by atoms with Crippen molar-refractivity contribution in [2.45, 2.75) is 43.5 Å². The van der Waals surface area contributed by atoms with Crippen LogP contribution < -0.4 is 10.2 Å². The van der Waals surface area contributed by atoms with E-state index in [2.05, 4.69) is 22.3 Å². The summed E-state index contributed by atoms with van der Waals surface area (Å²) in [6.45, 7) is 3.53. The van der Waals surface area contributed by atoms with E-state index in [0.29, 0.717) is 19.6 Å². The molecule has 6 nitrogen and oxygen atoms in total. The van der Waals surface area contributed by atoms with Crippen LogP contribution in [0.5, 0.6) is 0 Å². The molecule has 4 rings (SSSR count). The number of anilines is 1. The number of rotatable bonds is 6. The van der Waals surface area contributed by atoms with Gasteiger partial charge in [-0.2, -0.15) is 4.31 Å². The first-order valence-corrected chi connectivity index (χ1v) is 12.7. The van der Waals surface area contributed by atoms with Crippen molar-refractivity contribution in [3.05, 3.63) is 58.6 Å². The molecule has 0 atom stereocenters. The van der Waals surface area contributed by atoms with Gasteiger partial charge in [-0.05, 0) is 61.6 Å². The van der Waals surface area contributed by atoms with Crippen LogP contribution in [0, 0.1) is 0 Å². The number of hydrogen-bond acceptors (Lipinski definition) is 4. The van der Waals surface area contributed by atoms with Gasteiger partial charge in [-0.15, -0.1) is 0 Å². The van der Waals surface area contributed by atoms with Gasteiger partial charge in [0.2, 0.25) is 10.0 Å². The molecule has 0 bridgehead atoms. The summed E-state index contributed by atoms with van der Waals surface area (Å²) in [5.41, 5.74) is 2.48. The monoisotopic (exact) mass is 461 g/mol. The summed E-state index contributed by atoms with van der Waals surface area (Å²) in [7, 11) is -3.71. The van der Waals surface area contributed by atoms with E-state index >= 15 is 0 Å². The zero-order valence-corrected chi connectivity index (χ0v) is 19.1. The predicted octanol–water partition coefficient (Wildman–Crippen LogP) is 4.04. The molecule has 8 heteroatoms. The molecule has 31 heavy (non-hydrogen) atoms. The average Bonchev–Trinajstić information content (AvgIpc) is 3.33. The molecule has 2 fully saturated rings. The van der Waals surface area contributed by atoms with Gasteiger partial charge in [0.15, 0.2) is 0 Å². The molecule has 2 aliphatic heterocycles. The molecule has 0 radical (unpaired) electrons. The molecule has 2 aromatic rings. The van der Waals surface area contributed by atoms with Crippen LogP contribution in [0.25, 0.3) is 0 Å². The van der Waals surface area contributed by atoms with Gasteiger partial charge in [0, 0.05) is 44.0 Å². The number of nitrogens with zero attached hydrogens (tertiary/aromatic N) is 2. The van der Waals surface area contributed by atoms with Crippen molar-refractivity contribution in [1.82, 2.24) is 9.62 Å². The third-order valence-corrected chi connectivity index (χ3v) is 8.37. The molecule has 166 valence electrons. The summed E-state index contributed by atoms with van der Waals surface area (Å²) in [5, 5.41) is 3.02. The molecular formula is C23H28ClN3O3S. The number of sulfonamides is 1. The largest absolute Gasteiger partial charge is 0.372 e. The van der Waals surface area contributed by atoms with E-state index in [-0.39, 0.29) is 21.4 Å². The molecule has 1 amide bonds. The van der Waals surface area contributed by atoms with E-state index in [1.165, 1.54) is 35.0 Å². The highest BCUT2D eigenvalue weighted by molar-refractivity contribution is 7.89. The van der Waals surface area contributed by atoms with Gasteiger partial charge in [0.25, 0.3) is 5.91 Å². The first-order valence-electron chi connectivity index (χ1n) is 10.9. The van der Waals surface area contributed by atoms with Crippen molar-refractivity contribution >= 4 is 33.2 Å². The maximum Gasteiger partial charge on any atom is 0.251 e. The summed E-state index contributed by atoms with van der Waals surface area (Å²) >= 11 is 6.20. The van der Waals surface area contributed by atoms with Gasteiger partial charge >= 0.3 is 0 Å². The first-order chi connectivity index (χ1) is 14.9. The Balaban J connectivity index is 1.43. The van der Waals surface area contributed by atoms with Crippen LogP contribution in [-0.2, 0) is 16.6 Å². The minimum absolute atomic E-state index is 0.00122. The van der Waals surface area contributed by atoms with Crippen molar-refractivity contribution in [1.29, 1.82) is 0 Å². The molecule has 1 N–H and O–H groups in total. The SMILES string of the molecule is O=C(NCc1ccc(N2CCCC2)cc1)c1ccc(Cl)c(S(=O)(=O)N2CCCCC2)c1. The van der Waals surface area contributed by atoms with Crippen molar-refractivity contribution in [3.8, 4) is 0 Å². The molecule has 2 saturated heterocycles. The molecule has 0 saturated carbocycles. The van der Waals surface area contributed by atoms with Crippen molar-refractivity contribution in [2.75, 3.05) is 31.1 Å². The standard InChI is InChI=1S/C23H28ClN3O3S/c24-21-11-8-19(16-22(21)31(29,30)27-14-2-1-3-15-27)23(28)25-17-18-6-9-20(10-7-18)26-12-4-5-13-26/h6-11,16H,1-5,12-15,17H2,(H,25,28). The summed E-state index contributed by atoms with van der Waals surface area (Å²) in [6.07, 6.45) is 5.17. The smallest absolute Gasteiger partial charge is 0.251 e. The van der Waals surface area contributed by atoms with E-state index in [0.717, 1.165) is 37.9 Å². The molecular weight excluding hydrogens is 434 g/mol. The van der Waals surface area contributed by atoms with Crippen LogP contribution in [0.2, 0.25) is 5.02 Å². The van der Waals surface area contributed by atoms with Gasteiger partial charge in [0.05, 0.1) is 5.02 Å². The lowest BCUT2D eigenvalue weighted by atomic mass is 10.1. The fourth-order valence-electron chi connectivity index (χ4n) is 4.17. The second-order valence-electron chi connectivity index (χ2n) is 8.15. The van der Waals surface area contributed by atoms with Crippen LogP contribution >= 0.6 is 11.6 Å². The Labute approximate surface area is 189 Å². The fourth-order valence-corrected chi connectivity index (χ4v) is 6.19. The molecule has 0 unspecified atom stereocenters. The summed E-state index contributed by atoms with van der Waals surface area (Å²) in [4.78, 5) is 15.1. The van der Waals surface area contributed by atoms with E-state index in [1.54, 1.807) is 6.07 Å². The molecule has 0 aromatic heterocycles. The van der Waals surface area contributed by atoms with Gasteiger partial charge in [0.1, 0.15) is 4.90 Å². The molecule has 0 spiro atoms. The topological polar surface area (TPSA) is 69.7 Å². The van der Waals surface area contributed by atoms with Crippen molar-refractivity contribution < 1.29 is 13.2 Å². The number of carbonyl (C=O) groups is 1. The summed E-state index contributed by atoms with van der Waals surface area (Å²) < 4.78 is 27.5. The highest BCUT2D eigenvalue weighted by atomic mass is 35.5. The Hall–Kier alpha value is -2.09. The second-order valence-corrected chi connectivity index (χ2v) is 10.5. The highest BCUT2D eigenvalue weighted by Crippen LogP contribution is 2.28. The number of halogens is 1. The van der Waals surface area contributed by atoms with Crippen molar-refractivity contribution in [2.24, 2.45) is 0 Å². The number of hydrogen-bond donors (Lipinski definition) is 1. The van der Waals surface area contributed by atoms with Crippen LogP contribution in [0.4, 0.5) is 5.69 Å². The molecule has 0 aliphatic carbocycles. The zero-order valence-electron chi connectivity index (χ0n) is 17.5. The van der Waals surface area contributed by atoms with E-state index in [4.69, 9.17) is 11.6 Å². The predicted molar refractivity (Wildman–Crippen MR) is 123 cm³/mol. The van der Waals surface area contributed by atoms with Crippen LogP contribution in [0.1, 0.15) is 48.0 Å². The Morgan fingerprint density at radius 1 is 0.903 bits per heavy atom. The van der Waals surface area contributed by atoms with Crippen LogP contribution in [0.15, 0.2) is 47.4 Å². The number of amides is 1. The Bertz CT molecular complexity index is 1030. The van der Waals surface area contributed by atoms with Crippen LogP contribution in [-0.4, -0.2) is 44.8 Å². The number of carbonyl (C=O) groups excluding carboxylic acids is 1. The van der Waals surface area contributed by atoms with Gasteiger partial charge in [-0.3, -0.25) is 4.79 Å². The van der Waals surface area contributed by atoms with E-state index in [9.17, 15) is 13.2 Å². The van der Waals surface area contributed by atoms with E-state index in [1.807, 2.05) is 12.1 Å². The minimum atomic E-state index is -3.71. The van der Waals surface area contributed by atoms with Crippen molar-refractivity contribution in [3.63, 3.8) is 0 Å². The maximum atomic E-state index is 13.0. The Morgan fingerprint density at radius 3 is 2.23 bits per heavy atom. The number of nitrogens with one attached hydrogen (secondary N) is 1. The molecule has 2 heterocycles. The molecule has 2 aliphatic rings. The lowest BCUT2D eigenvalue weighted by Gasteiger charge is -2.26. The average molecular weight is 462 g/mol. The Kier molecular flexibility index (Phi) is 6.84. The normalized spacial score (nSPS) is 17.6. The number of benzene rings is 2. The quantitative estimate of drug-likeness (QED) is 0.704. The van der Waals surface area contributed by atoms with E-state index < -0.39 is 10.0 Å². The number of piperidine rings is 1. The fraction of sp³-hybridized carbons (Fsp3) is 0.435. The molecule has 2 aromatic carbocycles. The third-order valence-electron chi connectivity index (χ3n) is 5.99. The maximum absolute atomic E-state index is 13.0. The minimum Gasteiger partial charge on any atom is -0.372 e. The van der Waals surface area contributed by atoms with Crippen LogP contribution in [0.3, 0.4) is 0 Å². The lowest BCUT2D eigenvalue weighted by molar-refractivity contribution is 0.0950. The second kappa shape index (κ2) is 9.59. The first kappa shape index (κ1) is 22.1.